The molecule has 1 saturated carbocycles. The van der Waals surface area contributed by atoms with E-state index in [2.05, 4.69) is 48.2 Å². The molecule has 6 nitrogen and oxygen atoms in total. The van der Waals surface area contributed by atoms with Crippen molar-refractivity contribution in [2.75, 3.05) is 19.6 Å². The molecule has 0 N–H and O–H groups in total. The Morgan fingerprint density at radius 3 is 2.45 bits per heavy atom. The first kappa shape index (κ1) is 24.8. The zero-order valence-electron chi connectivity index (χ0n) is 22.2. The maximum absolute atomic E-state index is 13.7. The van der Waals surface area contributed by atoms with Crippen molar-refractivity contribution < 1.29 is 18.7 Å². The number of fused-ring (bicyclic) bond motifs is 1. The summed E-state index contributed by atoms with van der Waals surface area (Å²) in [5, 5.41) is 0. The number of likely N-dealkylation sites (tertiary alicyclic amines) is 1. The molecule has 2 amide bonds. The van der Waals surface area contributed by atoms with Crippen LogP contribution in [0.25, 0.3) is 0 Å². The molecule has 0 radical (unpaired) electrons. The van der Waals surface area contributed by atoms with Gasteiger partial charge in [0, 0.05) is 25.6 Å². The molecule has 2 aromatic carbocycles. The van der Waals surface area contributed by atoms with Crippen molar-refractivity contribution in [2.24, 2.45) is 5.92 Å². The Morgan fingerprint density at radius 1 is 0.921 bits per heavy atom. The second kappa shape index (κ2) is 10.7. The average molecular weight is 513 g/mol. The third kappa shape index (κ3) is 4.96. The summed E-state index contributed by atoms with van der Waals surface area (Å²) in [5.74, 6) is 2.11. The minimum atomic E-state index is -0.121. The van der Waals surface area contributed by atoms with Gasteiger partial charge in [0.15, 0.2) is 5.76 Å². The lowest BCUT2D eigenvalue weighted by Crippen LogP contribution is -2.43. The molecule has 1 saturated heterocycles. The number of benzene rings is 2. The summed E-state index contributed by atoms with van der Waals surface area (Å²) >= 11 is 0. The molecule has 2 aliphatic heterocycles. The molecule has 6 heteroatoms. The zero-order valence-corrected chi connectivity index (χ0v) is 22.2. The van der Waals surface area contributed by atoms with Crippen LogP contribution in [0.3, 0.4) is 0 Å². The van der Waals surface area contributed by atoms with Crippen molar-refractivity contribution in [1.82, 2.24) is 9.80 Å². The molecular formula is C32H36N2O4. The first-order valence-electron chi connectivity index (χ1n) is 14.1. The Labute approximate surface area is 224 Å². The van der Waals surface area contributed by atoms with Crippen LogP contribution < -0.4 is 4.74 Å². The highest BCUT2D eigenvalue weighted by Gasteiger charge is 2.36. The molecule has 0 bridgehead atoms. The van der Waals surface area contributed by atoms with E-state index in [0.29, 0.717) is 11.5 Å². The van der Waals surface area contributed by atoms with Gasteiger partial charge in [-0.15, -0.1) is 0 Å². The molecule has 3 aromatic rings. The first-order chi connectivity index (χ1) is 18.6. The lowest BCUT2D eigenvalue weighted by molar-refractivity contribution is -0.137. The van der Waals surface area contributed by atoms with Gasteiger partial charge in [0.05, 0.1) is 6.04 Å². The van der Waals surface area contributed by atoms with Gasteiger partial charge in [-0.2, -0.15) is 0 Å². The van der Waals surface area contributed by atoms with Crippen LogP contribution in [0, 0.1) is 12.8 Å². The number of carbonyl (C=O) groups is 2. The molecule has 6 rings (SSSR count). The van der Waals surface area contributed by atoms with Gasteiger partial charge in [0.25, 0.3) is 5.91 Å². The quantitative estimate of drug-likeness (QED) is 0.402. The Morgan fingerprint density at radius 2 is 1.68 bits per heavy atom. The van der Waals surface area contributed by atoms with Gasteiger partial charge in [-0.05, 0) is 80.0 Å². The van der Waals surface area contributed by atoms with Gasteiger partial charge >= 0.3 is 0 Å². The molecule has 2 fully saturated rings. The third-order valence-electron chi connectivity index (χ3n) is 8.37. The number of ether oxygens (including phenoxy) is 1. The van der Waals surface area contributed by atoms with Crippen LogP contribution in [0.1, 0.15) is 83.1 Å². The van der Waals surface area contributed by atoms with Crippen molar-refractivity contribution >= 4 is 11.8 Å². The highest BCUT2D eigenvalue weighted by atomic mass is 16.5. The minimum Gasteiger partial charge on any atom is -0.486 e. The summed E-state index contributed by atoms with van der Waals surface area (Å²) in [7, 11) is 0. The fourth-order valence-corrected chi connectivity index (χ4v) is 6.24. The Kier molecular flexibility index (Phi) is 6.96. The number of nitrogens with zero attached hydrogens (tertiary/aromatic N) is 2. The number of rotatable bonds is 6. The summed E-state index contributed by atoms with van der Waals surface area (Å²) < 4.78 is 12.0. The molecule has 1 unspecified atom stereocenters. The number of carbonyl (C=O) groups excluding carboxylic acids is 2. The second-order valence-corrected chi connectivity index (χ2v) is 11.0. The largest absolute Gasteiger partial charge is 0.486 e. The fraction of sp³-hybridized carbons (Fsp3) is 0.438. The summed E-state index contributed by atoms with van der Waals surface area (Å²) in [4.78, 5) is 30.2. The van der Waals surface area contributed by atoms with Gasteiger partial charge in [-0.1, -0.05) is 48.7 Å². The van der Waals surface area contributed by atoms with Crippen molar-refractivity contribution in [3.8, 4) is 5.75 Å². The Bertz CT molecular complexity index is 1300. The normalized spacial score (nSPS) is 19.6. The maximum atomic E-state index is 13.7. The molecule has 38 heavy (non-hydrogen) atoms. The molecule has 1 aliphatic carbocycles. The van der Waals surface area contributed by atoms with Crippen LogP contribution in [0.15, 0.2) is 59.0 Å². The Balaban J connectivity index is 1.23. The predicted molar refractivity (Wildman–Crippen MR) is 145 cm³/mol. The number of amides is 2. The molecule has 198 valence electrons. The topological polar surface area (TPSA) is 63.0 Å². The van der Waals surface area contributed by atoms with E-state index < -0.39 is 0 Å². The highest BCUT2D eigenvalue weighted by molar-refractivity contribution is 5.91. The number of furan rings is 1. The maximum Gasteiger partial charge on any atom is 0.289 e. The molecule has 3 heterocycles. The van der Waals surface area contributed by atoms with E-state index >= 15 is 0 Å². The molecule has 1 atom stereocenters. The van der Waals surface area contributed by atoms with Gasteiger partial charge in [0.2, 0.25) is 5.91 Å². The SMILES string of the molecule is Cc1ccc(C2c3cc(OCc4ccc(C(=O)N5CCCC5)o4)ccc3CCN2C(=O)C2CCCC2)cc1. The van der Waals surface area contributed by atoms with Crippen LogP contribution in [0.2, 0.25) is 0 Å². The van der Waals surface area contributed by atoms with Crippen LogP contribution >= 0.6 is 0 Å². The molecule has 3 aliphatic rings. The molecule has 0 spiro atoms. The standard InChI is InChI=1S/C32H36N2O4/c1-22-8-10-24(11-9-22)30-28-20-26(13-12-23(28)16-19-34(30)31(35)25-6-2-3-7-25)37-21-27-14-15-29(38-27)32(36)33-17-4-5-18-33/h8-15,20,25,30H,2-7,16-19,21H2,1H3. The predicted octanol–water partition coefficient (Wildman–Crippen LogP) is 6.07. The molecule has 1 aromatic heterocycles. The number of hydrogen-bond acceptors (Lipinski definition) is 4. The van der Waals surface area contributed by atoms with Crippen molar-refractivity contribution in [3.05, 3.63) is 88.4 Å². The van der Waals surface area contributed by atoms with E-state index in [1.54, 1.807) is 6.07 Å². The number of aryl methyl sites for hydroxylation is 1. The van der Waals surface area contributed by atoms with Gasteiger partial charge < -0.3 is 19.0 Å². The summed E-state index contributed by atoms with van der Waals surface area (Å²) in [5.41, 5.74) is 4.73. The lowest BCUT2D eigenvalue weighted by atomic mass is 9.86. The van der Waals surface area contributed by atoms with Crippen molar-refractivity contribution in [3.63, 3.8) is 0 Å². The van der Waals surface area contributed by atoms with E-state index in [1.807, 2.05) is 17.0 Å². The van der Waals surface area contributed by atoms with E-state index in [1.165, 1.54) is 11.1 Å². The summed E-state index contributed by atoms with van der Waals surface area (Å²) in [6.45, 7) is 4.66. The van der Waals surface area contributed by atoms with E-state index in [4.69, 9.17) is 9.15 Å². The van der Waals surface area contributed by atoms with Crippen molar-refractivity contribution in [2.45, 2.75) is 64.5 Å². The fourth-order valence-electron chi connectivity index (χ4n) is 6.24. The Hall–Kier alpha value is -3.54. The van der Waals surface area contributed by atoms with Crippen LogP contribution in [0.5, 0.6) is 5.75 Å². The van der Waals surface area contributed by atoms with E-state index in [-0.39, 0.29) is 30.4 Å². The second-order valence-electron chi connectivity index (χ2n) is 11.0. The zero-order chi connectivity index (χ0) is 26.1. The van der Waals surface area contributed by atoms with Gasteiger partial charge in [0.1, 0.15) is 18.1 Å². The number of hydrogen-bond donors (Lipinski definition) is 0. The van der Waals surface area contributed by atoms with E-state index in [0.717, 1.165) is 81.5 Å². The van der Waals surface area contributed by atoms with E-state index in [9.17, 15) is 9.59 Å². The van der Waals surface area contributed by atoms with Crippen LogP contribution in [0.4, 0.5) is 0 Å². The summed E-state index contributed by atoms with van der Waals surface area (Å²) in [6, 6.07) is 18.2. The molecular weight excluding hydrogens is 476 g/mol. The average Bonchev–Trinajstić information content (AvgIpc) is 3.74. The lowest BCUT2D eigenvalue weighted by Gasteiger charge is -2.39. The van der Waals surface area contributed by atoms with Crippen molar-refractivity contribution in [1.29, 1.82) is 0 Å². The minimum absolute atomic E-state index is 0.0458. The first-order valence-corrected chi connectivity index (χ1v) is 14.1. The van der Waals surface area contributed by atoms with Gasteiger partial charge in [-0.25, -0.2) is 0 Å². The van der Waals surface area contributed by atoms with Gasteiger partial charge in [-0.3, -0.25) is 9.59 Å². The van der Waals surface area contributed by atoms with Crippen LogP contribution in [-0.4, -0.2) is 41.2 Å². The smallest absolute Gasteiger partial charge is 0.289 e. The third-order valence-corrected chi connectivity index (χ3v) is 8.37. The van der Waals surface area contributed by atoms with Crippen LogP contribution in [-0.2, 0) is 17.8 Å². The highest BCUT2D eigenvalue weighted by Crippen LogP contribution is 2.40. The monoisotopic (exact) mass is 512 g/mol. The summed E-state index contributed by atoms with van der Waals surface area (Å²) in [6.07, 6.45) is 7.23.